The van der Waals surface area contributed by atoms with Crippen molar-refractivity contribution in [1.82, 2.24) is 0 Å². The maximum atomic E-state index is 13.2. The van der Waals surface area contributed by atoms with E-state index in [0.717, 1.165) is 102 Å². The van der Waals surface area contributed by atoms with Crippen LogP contribution in [0.1, 0.15) is 485 Å². The molecule has 0 aromatic heterocycles. The summed E-state index contributed by atoms with van der Waals surface area (Å²) in [6, 6.07) is 0. The molecule has 0 aliphatic heterocycles. The lowest BCUT2D eigenvalue weighted by atomic mass is 10.0. The van der Waals surface area contributed by atoms with Crippen LogP contribution in [-0.2, 0) is 65.4 Å². The van der Waals surface area contributed by atoms with Crippen LogP contribution in [0.4, 0.5) is 0 Å². The molecule has 0 aromatic rings. The van der Waals surface area contributed by atoms with E-state index in [-0.39, 0.29) is 25.7 Å². The first kappa shape index (κ1) is 107. The quantitative estimate of drug-likeness (QED) is 0.0222. The van der Waals surface area contributed by atoms with Gasteiger partial charge in [-0.3, -0.25) is 37.3 Å². The highest BCUT2D eigenvalue weighted by atomic mass is 31.2. The monoisotopic (exact) mass is 1590 g/mol. The average Bonchev–Trinajstić information content (AvgIpc) is 1.66. The molecule has 109 heavy (non-hydrogen) atoms. The molecule has 0 radical (unpaired) electrons. The second-order valence-electron chi connectivity index (χ2n) is 33.3. The number of aliphatic hydroxyl groups excluding tert-OH is 1. The SMILES string of the molecule is CCCCCCCCCCCCCCCCCCCCCCCC(=O)OC[C@H](COP(=O)(O)OC[C@@H](O)COP(=O)(O)OC[C@@H](COC(=O)CCCCCCCCC(C)C)OC(=O)CCCCCCCCCCCCCCCCCC(C)C)OC(=O)CCCCCCCCCCCCCCCCCCCCCCC. The number of phosphoric acid groups is 2. The summed E-state index contributed by atoms with van der Waals surface area (Å²) in [5.41, 5.74) is 0. The Labute approximate surface area is 670 Å². The minimum atomic E-state index is -4.97. The maximum absolute atomic E-state index is 13.2. The third-order valence-electron chi connectivity index (χ3n) is 21.2. The Hall–Kier alpha value is -1.94. The zero-order valence-corrected chi connectivity index (χ0v) is 73.7. The number of aliphatic hydroxyl groups is 1. The highest BCUT2D eigenvalue weighted by Crippen LogP contribution is 2.45. The minimum Gasteiger partial charge on any atom is -0.462 e. The van der Waals surface area contributed by atoms with Gasteiger partial charge < -0.3 is 33.8 Å². The van der Waals surface area contributed by atoms with Crippen LogP contribution in [0, 0.1) is 11.8 Å². The fourth-order valence-corrected chi connectivity index (χ4v) is 15.7. The molecule has 3 N–H and O–H groups in total. The lowest BCUT2D eigenvalue weighted by Crippen LogP contribution is -2.30. The lowest BCUT2D eigenvalue weighted by Gasteiger charge is -2.21. The maximum Gasteiger partial charge on any atom is 0.472 e. The summed E-state index contributed by atoms with van der Waals surface area (Å²) < 4.78 is 69.0. The average molecular weight is 1590 g/mol. The molecule has 0 aliphatic rings. The number of hydrogen-bond donors (Lipinski definition) is 3. The molecule has 17 nitrogen and oxygen atoms in total. The van der Waals surface area contributed by atoms with Crippen LogP contribution in [-0.4, -0.2) is 96.7 Å². The van der Waals surface area contributed by atoms with Crippen LogP contribution < -0.4 is 0 Å². The van der Waals surface area contributed by atoms with Crippen LogP contribution in [0.5, 0.6) is 0 Å². The van der Waals surface area contributed by atoms with Gasteiger partial charge in [0.25, 0.3) is 0 Å². The topological polar surface area (TPSA) is 237 Å². The smallest absolute Gasteiger partial charge is 0.462 e. The largest absolute Gasteiger partial charge is 0.472 e. The minimum absolute atomic E-state index is 0.107. The molecule has 0 saturated carbocycles. The fraction of sp³-hybridized carbons (Fsp3) is 0.956. The van der Waals surface area contributed by atoms with E-state index in [1.165, 1.54) is 295 Å². The highest BCUT2D eigenvalue weighted by Gasteiger charge is 2.31. The molecule has 0 fully saturated rings. The molecule has 0 saturated heterocycles. The van der Waals surface area contributed by atoms with Gasteiger partial charge in [0.1, 0.15) is 19.3 Å². The van der Waals surface area contributed by atoms with E-state index >= 15 is 0 Å². The number of hydrogen-bond acceptors (Lipinski definition) is 15. The number of phosphoric ester groups is 2. The van der Waals surface area contributed by atoms with Crippen molar-refractivity contribution < 1.29 is 80.2 Å². The Kier molecular flexibility index (Phi) is 79.8. The Morgan fingerprint density at radius 1 is 0.248 bits per heavy atom. The number of unbranched alkanes of at least 4 members (excludes halogenated alkanes) is 59. The lowest BCUT2D eigenvalue weighted by molar-refractivity contribution is -0.161. The van der Waals surface area contributed by atoms with Gasteiger partial charge in [0.05, 0.1) is 26.4 Å². The standard InChI is InChI=1S/C90H176O17P2/c1-7-9-11-13-15-17-19-21-23-25-27-29-31-33-37-41-45-49-53-60-66-72-87(92)100-78-85(106-89(94)74-68-62-54-50-46-42-38-34-32-30-28-26-24-22-20-18-16-14-12-10-8-2)80-104-108(96,97)102-76-84(91)77-103-109(98,99)105-81-86(79-101-88(93)73-67-61-57-56-59-65-71-83(5)6)107-90(95)75-69-63-55-51-47-43-39-35-36-40-44-48-52-58-64-70-82(3)4/h82-86,91H,7-81H2,1-6H3,(H,96,97)(H,98,99)/t84-,85-,86-/m1/s1. The predicted octanol–water partition coefficient (Wildman–Crippen LogP) is 27.8. The van der Waals surface area contributed by atoms with E-state index in [0.29, 0.717) is 31.6 Å². The predicted molar refractivity (Wildman–Crippen MR) is 451 cm³/mol. The Balaban J connectivity index is 5.19. The number of carbonyl (C=O) groups is 4. The van der Waals surface area contributed by atoms with Crippen LogP contribution in [0.15, 0.2) is 0 Å². The van der Waals surface area contributed by atoms with Gasteiger partial charge in [-0.1, -0.05) is 433 Å². The van der Waals surface area contributed by atoms with Crippen molar-refractivity contribution in [3.05, 3.63) is 0 Å². The van der Waals surface area contributed by atoms with Crippen molar-refractivity contribution in [2.75, 3.05) is 39.6 Å². The second kappa shape index (κ2) is 81.2. The summed E-state index contributed by atoms with van der Waals surface area (Å²) in [6.07, 6.45) is 75.4. The zero-order valence-electron chi connectivity index (χ0n) is 71.9. The van der Waals surface area contributed by atoms with Crippen molar-refractivity contribution in [1.29, 1.82) is 0 Å². The van der Waals surface area contributed by atoms with E-state index in [1.807, 2.05) is 0 Å². The molecule has 0 spiro atoms. The van der Waals surface area contributed by atoms with E-state index in [1.54, 1.807) is 0 Å². The molecule has 0 aliphatic carbocycles. The molecule has 2 unspecified atom stereocenters. The zero-order chi connectivity index (χ0) is 79.9. The van der Waals surface area contributed by atoms with Crippen LogP contribution in [0.3, 0.4) is 0 Å². The van der Waals surface area contributed by atoms with Gasteiger partial charge >= 0.3 is 39.5 Å². The molecule has 0 amide bonds. The summed E-state index contributed by atoms with van der Waals surface area (Å²) >= 11 is 0. The van der Waals surface area contributed by atoms with Crippen molar-refractivity contribution in [3.8, 4) is 0 Å². The molecule has 5 atom stereocenters. The first-order chi connectivity index (χ1) is 52.9. The molecule has 648 valence electrons. The summed E-state index contributed by atoms with van der Waals surface area (Å²) in [5.74, 6) is -0.620. The van der Waals surface area contributed by atoms with Crippen molar-refractivity contribution in [3.63, 3.8) is 0 Å². The van der Waals surface area contributed by atoms with E-state index in [2.05, 4.69) is 41.5 Å². The Bertz CT molecular complexity index is 2080. The van der Waals surface area contributed by atoms with Gasteiger partial charge in [0, 0.05) is 25.7 Å². The number of carbonyl (C=O) groups excluding carboxylic acids is 4. The summed E-state index contributed by atoms with van der Waals surface area (Å²) in [7, 11) is -9.93. The van der Waals surface area contributed by atoms with Gasteiger partial charge in [-0.25, -0.2) is 9.13 Å². The van der Waals surface area contributed by atoms with Gasteiger partial charge in [-0.2, -0.15) is 0 Å². The summed E-state index contributed by atoms with van der Waals surface area (Å²) in [4.78, 5) is 73.3. The molecule has 19 heteroatoms. The summed E-state index contributed by atoms with van der Waals surface area (Å²) in [5, 5.41) is 10.7. The number of esters is 4. The van der Waals surface area contributed by atoms with E-state index < -0.39 is 97.5 Å². The number of rotatable bonds is 89. The van der Waals surface area contributed by atoms with Crippen LogP contribution >= 0.6 is 15.6 Å². The molecule has 0 bridgehead atoms. The summed E-state index contributed by atoms with van der Waals surface area (Å²) in [6.45, 7) is 9.63. The Morgan fingerprint density at radius 3 is 0.624 bits per heavy atom. The van der Waals surface area contributed by atoms with Crippen molar-refractivity contribution >= 4 is 39.5 Å². The molecule has 0 aromatic carbocycles. The van der Waals surface area contributed by atoms with Crippen molar-refractivity contribution in [2.45, 2.75) is 503 Å². The van der Waals surface area contributed by atoms with Gasteiger partial charge in [-0.15, -0.1) is 0 Å². The normalized spacial score (nSPS) is 13.8. The Morgan fingerprint density at radius 2 is 0.422 bits per heavy atom. The second-order valence-corrected chi connectivity index (χ2v) is 36.2. The number of ether oxygens (including phenoxy) is 4. The van der Waals surface area contributed by atoms with Crippen LogP contribution in [0.25, 0.3) is 0 Å². The molecule has 0 rings (SSSR count). The fourth-order valence-electron chi connectivity index (χ4n) is 14.1. The third-order valence-corrected chi connectivity index (χ3v) is 23.1. The third kappa shape index (κ3) is 83.8. The van der Waals surface area contributed by atoms with Gasteiger partial charge in [0.2, 0.25) is 0 Å². The van der Waals surface area contributed by atoms with Crippen LogP contribution in [0.2, 0.25) is 0 Å². The highest BCUT2D eigenvalue weighted by molar-refractivity contribution is 7.47. The van der Waals surface area contributed by atoms with E-state index in [9.17, 15) is 43.2 Å². The van der Waals surface area contributed by atoms with E-state index in [4.69, 9.17) is 37.0 Å². The first-order valence-corrected chi connectivity index (χ1v) is 49.5. The molecular weight excluding hydrogens is 1410 g/mol. The molecular formula is C90H176O17P2. The molecule has 0 heterocycles. The van der Waals surface area contributed by atoms with Gasteiger partial charge in [-0.05, 0) is 37.5 Å². The van der Waals surface area contributed by atoms with Gasteiger partial charge in [0.15, 0.2) is 12.2 Å². The van der Waals surface area contributed by atoms with Crippen molar-refractivity contribution in [2.24, 2.45) is 11.8 Å². The first-order valence-electron chi connectivity index (χ1n) is 46.5.